The van der Waals surface area contributed by atoms with Crippen LogP contribution in [0.2, 0.25) is 0 Å². The molecular formula is C11H17NO. The normalized spacial score (nSPS) is 12.9. The van der Waals surface area contributed by atoms with Crippen LogP contribution in [0.5, 0.6) is 0 Å². The van der Waals surface area contributed by atoms with E-state index in [1.165, 1.54) is 0 Å². The van der Waals surface area contributed by atoms with E-state index in [4.69, 9.17) is 5.73 Å². The van der Waals surface area contributed by atoms with E-state index in [9.17, 15) is 4.79 Å². The highest BCUT2D eigenvalue weighted by atomic mass is 16.1. The Morgan fingerprint density at radius 2 is 2.15 bits per heavy atom. The second-order valence-electron chi connectivity index (χ2n) is 2.72. The van der Waals surface area contributed by atoms with Crippen molar-refractivity contribution in [1.29, 1.82) is 0 Å². The summed E-state index contributed by atoms with van der Waals surface area (Å²) in [5, 5.41) is 0. The summed E-state index contributed by atoms with van der Waals surface area (Å²) in [6.45, 7) is 3.98. The number of carbonyl (C=O) groups excluding carboxylic acids is 1. The highest BCUT2D eigenvalue weighted by Crippen LogP contribution is 2.03. The molecule has 0 unspecified atom stereocenters. The third-order valence-corrected chi connectivity index (χ3v) is 1.44. The van der Waals surface area contributed by atoms with Crippen LogP contribution in [0.3, 0.4) is 0 Å². The number of carbonyl (C=O) groups is 1. The first-order valence-corrected chi connectivity index (χ1v) is 4.47. The average molecular weight is 179 g/mol. The van der Waals surface area contributed by atoms with Gasteiger partial charge in [0.25, 0.3) is 0 Å². The minimum absolute atomic E-state index is 0.297. The highest BCUT2D eigenvalue weighted by molar-refractivity contribution is 5.77. The molecule has 0 aromatic carbocycles. The molecule has 0 radical (unpaired) electrons. The van der Waals surface area contributed by atoms with Gasteiger partial charge in [-0.2, -0.15) is 0 Å². The van der Waals surface area contributed by atoms with E-state index >= 15 is 0 Å². The van der Waals surface area contributed by atoms with Crippen molar-refractivity contribution < 1.29 is 4.79 Å². The van der Waals surface area contributed by atoms with Gasteiger partial charge in [0.05, 0.1) is 6.42 Å². The third kappa shape index (κ3) is 7.06. The molecule has 2 nitrogen and oxygen atoms in total. The Kier molecular flexibility index (Phi) is 6.60. The minimum atomic E-state index is -0.297. The average Bonchev–Trinajstić information content (AvgIpc) is 2.04. The summed E-state index contributed by atoms with van der Waals surface area (Å²) in [5.41, 5.74) is 6.03. The monoisotopic (exact) mass is 179 g/mol. The molecule has 0 saturated carbocycles. The lowest BCUT2D eigenvalue weighted by Gasteiger charge is -1.95. The van der Waals surface area contributed by atoms with Crippen LogP contribution >= 0.6 is 0 Å². The van der Waals surface area contributed by atoms with Gasteiger partial charge in [-0.15, -0.1) is 0 Å². The number of rotatable bonds is 5. The number of hydrogen-bond donors (Lipinski definition) is 1. The number of allylic oxidation sites excluding steroid dienone is 5. The summed E-state index contributed by atoms with van der Waals surface area (Å²) in [7, 11) is 0. The van der Waals surface area contributed by atoms with Gasteiger partial charge in [-0.1, -0.05) is 37.3 Å². The van der Waals surface area contributed by atoms with Gasteiger partial charge in [0, 0.05) is 0 Å². The molecule has 0 aliphatic rings. The number of primary amides is 1. The summed E-state index contributed by atoms with van der Waals surface area (Å²) in [6.07, 6.45) is 11.0. The zero-order valence-corrected chi connectivity index (χ0v) is 8.29. The fourth-order valence-electron chi connectivity index (χ4n) is 0.916. The van der Waals surface area contributed by atoms with Crippen LogP contribution in [0.15, 0.2) is 36.0 Å². The highest BCUT2D eigenvalue weighted by Gasteiger charge is 1.95. The molecule has 0 atom stereocenters. The smallest absolute Gasteiger partial charge is 0.221 e. The van der Waals surface area contributed by atoms with Crippen LogP contribution in [-0.2, 0) is 4.79 Å². The molecule has 0 spiro atoms. The van der Waals surface area contributed by atoms with E-state index < -0.39 is 0 Å². The molecule has 0 aromatic heterocycles. The topological polar surface area (TPSA) is 43.1 Å². The Hall–Kier alpha value is -1.31. The largest absolute Gasteiger partial charge is 0.369 e. The van der Waals surface area contributed by atoms with Crippen molar-refractivity contribution >= 4 is 5.91 Å². The van der Waals surface area contributed by atoms with E-state index in [-0.39, 0.29) is 5.91 Å². The summed E-state index contributed by atoms with van der Waals surface area (Å²) in [6, 6.07) is 0. The molecule has 1 amide bonds. The van der Waals surface area contributed by atoms with Crippen molar-refractivity contribution in [2.45, 2.75) is 26.7 Å². The summed E-state index contributed by atoms with van der Waals surface area (Å²) in [4.78, 5) is 10.6. The predicted molar refractivity (Wildman–Crippen MR) is 56.1 cm³/mol. The van der Waals surface area contributed by atoms with Gasteiger partial charge in [0.2, 0.25) is 5.91 Å². The number of amides is 1. The Balaban J connectivity index is 4.31. The van der Waals surface area contributed by atoms with Gasteiger partial charge in [0.1, 0.15) is 0 Å². The van der Waals surface area contributed by atoms with Crippen molar-refractivity contribution in [1.82, 2.24) is 0 Å². The first-order chi connectivity index (χ1) is 6.20. The Labute approximate surface area is 79.8 Å². The van der Waals surface area contributed by atoms with E-state index in [0.29, 0.717) is 6.42 Å². The van der Waals surface area contributed by atoms with Crippen molar-refractivity contribution in [2.75, 3.05) is 0 Å². The molecule has 0 rings (SSSR count). The second kappa shape index (κ2) is 7.35. The van der Waals surface area contributed by atoms with Crippen molar-refractivity contribution in [2.24, 2.45) is 5.73 Å². The molecular weight excluding hydrogens is 162 g/mol. The van der Waals surface area contributed by atoms with Crippen molar-refractivity contribution in [3.63, 3.8) is 0 Å². The predicted octanol–water partition coefficient (Wildman–Crippen LogP) is 2.33. The van der Waals surface area contributed by atoms with Crippen LogP contribution in [-0.4, -0.2) is 5.91 Å². The zero-order chi connectivity index (χ0) is 10.1. The van der Waals surface area contributed by atoms with Gasteiger partial charge in [-0.3, -0.25) is 4.79 Å². The van der Waals surface area contributed by atoms with Crippen LogP contribution in [0.25, 0.3) is 0 Å². The zero-order valence-electron chi connectivity index (χ0n) is 8.29. The molecule has 0 heterocycles. The molecule has 72 valence electrons. The van der Waals surface area contributed by atoms with Gasteiger partial charge in [0.15, 0.2) is 0 Å². The lowest BCUT2D eigenvalue weighted by Crippen LogP contribution is -2.10. The van der Waals surface area contributed by atoms with E-state index in [0.717, 1.165) is 12.0 Å². The molecule has 0 aliphatic carbocycles. The van der Waals surface area contributed by atoms with Crippen LogP contribution in [0.1, 0.15) is 26.7 Å². The first-order valence-electron chi connectivity index (χ1n) is 4.47. The first kappa shape index (κ1) is 11.7. The lowest BCUT2D eigenvalue weighted by molar-refractivity contribution is -0.117. The standard InChI is InChI=1S/C11H17NO/c1-3-5-6-8-10(7-4-2)9-11(12)13/h4-8H,3,9H2,1-2H3,(H2,12,13)/b6-5-,7-4-,10-8+. The van der Waals surface area contributed by atoms with Crippen molar-refractivity contribution in [3.8, 4) is 0 Å². The van der Waals surface area contributed by atoms with Gasteiger partial charge in [-0.25, -0.2) is 0 Å². The van der Waals surface area contributed by atoms with E-state index in [1.54, 1.807) is 0 Å². The Morgan fingerprint density at radius 3 is 2.62 bits per heavy atom. The molecule has 2 N–H and O–H groups in total. The van der Waals surface area contributed by atoms with Gasteiger partial charge >= 0.3 is 0 Å². The SMILES string of the molecule is C\C=C/C(=C\C=C/CC)CC(N)=O. The summed E-state index contributed by atoms with van der Waals surface area (Å²) in [5.74, 6) is -0.297. The molecule has 2 heteroatoms. The third-order valence-electron chi connectivity index (χ3n) is 1.44. The van der Waals surface area contributed by atoms with Crippen LogP contribution < -0.4 is 5.73 Å². The fraction of sp³-hybridized carbons (Fsp3) is 0.364. The van der Waals surface area contributed by atoms with Crippen LogP contribution in [0, 0.1) is 0 Å². The Morgan fingerprint density at radius 1 is 1.46 bits per heavy atom. The Bertz CT molecular complexity index is 236. The van der Waals surface area contributed by atoms with Crippen molar-refractivity contribution in [3.05, 3.63) is 36.0 Å². The molecule has 0 aliphatic heterocycles. The maximum atomic E-state index is 10.6. The second-order valence-corrected chi connectivity index (χ2v) is 2.72. The maximum absolute atomic E-state index is 10.6. The molecule has 0 bridgehead atoms. The minimum Gasteiger partial charge on any atom is -0.369 e. The lowest BCUT2D eigenvalue weighted by atomic mass is 10.1. The number of nitrogens with two attached hydrogens (primary N) is 1. The van der Waals surface area contributed by atoms with E-state index in [1.807, 2.05) is 37.3 Å². The number of hydrogen-bond acceptors (Lipinski definition) is 1. The quantitative estimate of drug-likeness (QED) is 0.647. The molecule has 0 aromatic rings. The molecule has 0 saturated heterocycles. The van der Waals surface area contributed by atoms with E-state index in [2.05, 4.69) is 6.92 Å². The van der Waals surface area contributed by atoms with Gasteiger partial charge in [-0.05, 0) is 18.9 Å². The summed E-state index contributed by atoms with van der Waals surface area (Å²) < 4.78 is 0. The maximum Gasteiger partial charge on any atom is 0.221 e. The molecule has 0 fully saturated rings. The van der Waals surface area contributed by atoms with Gasteiger partial charge < -0.3 is 5.73 Å². The summed E-state index contributed by atoms with van der Waals surface area (Å²) >= 11 is 0. The van der Waals surface area contributed by atoms with Crippen LogP contribution in [0.4, 0.5) is 0 Å². The molecule has 13 heavy (non-hydrogen) atoms. The fourth-order valence-corrected chi connectivity index (χ4v) is 0.916.